The van der Waals surface area contributed by atoms with E-state index in [1.807, 2.05) is 12.1 Å². The molecule has 0 radical (unpaired) electrons. The maximum Gasteiger partial charge on any atom is 0.255 e. The van der Waals surface area contributed by atoms with Crippen molar-refractivity contribution in [2.75, 3.05) is 13.2 Å². The lowest BCUT2D eigenvalue weighted by Gasteiger charge is -2.08. The van der Waals surface area contributed by atoms with Crippen LogP contribution in [0.5, 0.6) is 5.75 Å². The maximum atomic E-state index is 11.7. The van der Waals surface area contributed by atoms with E-state index in [1.54, 1.807) is 24.3 Å². The third-order valence-electron chi connectivity index (χ3n) is 2.54. The van der Waals surface area contributed by atoms with E-state index in [0.717, 1.165) is 5.39 Å². The zero-order valence-electron chi connectivity index (χ0n) is 9.18. The van der Waals surface area contributed by atoms with E-state index < -0.39 is 0 Å². The number of carbonyl (C=O) groups is 1. The van der Waals surface area contributed by atoms with Gasteiger partial charge in [-0.05, 0) is 11.5 Å². The van der Waals surface area contributed by atoms with Crippen molar-refractivity contribution in [2.45, 2.75) is 0 Å². The van der Waals surface area contributed by atoms with Gasteiger partial charge in [0.25, 0.3) is 5.91 Å². The predicted molar refractivity (Wildman–Crippen MR) is 65.0 cm³/mol. The van der Waals surface area contributed by atoms with Crippen molar-refractivity contribution in [3.05, 3.63) is 42.0 Å². The van der Waals surface area contributed by atoms with Crippen LogP contribution in [0.15, 0.2) is 36.4 Å². The van der Waals surface area contributed by atoms with Crippen molar-refractivity contribution >= 4 is 16.7 Å². The van der Waals surface area contributed by atoms with Crippen molar-refractivity contribution in [3.8, 4) is 5.75 Å². The Hall–Kier alpha value is -2.07. The summed E-state index contributed by atoms with van der Waals surface area (Å²) in [5.41, 5.74) is 0.220. The zero-order valence-corrected chi connectivity index (χ0v) is 9.18. The van der Waals surface area contributed by atoms with Crippen molar-refractivity contribution < 1.29 is 15.0 Å². The van der Waals surface area contributed by atoms with E-state index in [2.05, 4.69) is 5.32 Å². The van der Waals surface area contributed by atoms with Gasteiger partial charge in [0.1, 0.15) is 5.75 Å². The SMILES string of the molecule is O=C(NCCO)c1ccc2ccccc2c1O. The summed E-state index contributed by atoms with van der Waals surface area (Å²) in [7, 11) is 0. The number of fused-ring (bicyclic) bond motifs is 1. The summed E-state index contributed by atoms with van der Waals surface area (Å²) in [5.74, 6) is -0.416. The zero-order chi connectivity index (χ0) is 12.3. The van der Waals surface area contributed by atoms with Gasteiger partial charge in [0.15, 0.2) is 0 Å². The Morgan fingerprint density at radius 2 is 1.94 bits per heavy atom. The Kier molecular flexibility index (Phi) is 3.25. The van der Waals surface area contributed by atoms with Crippen LogP contribution in [0.3, 0.4) is 0 Å². The molecule has 17 heavy (non-hydrogen) atoms. The Labute approximate surface area is 98.5 Å². The summed E-state index contributed by atoms with van der Waals surface area (Å²) >= 11 is 0. The second kappa shape index (κ2) is 4.84. The third kappa shape index (κ3) is 2.21. The molecule has 2 aromatic rings. The number of nitrogens with one attached hydrogen (secondary N) is 1. The summed E-state index contributed by atoms with van der Waals surface area (Å²) in [5, 5.41) is 22.6. The fourth-order valence-corrected chi connectivity index (χ4v) is 1.70. The van der Waals surface area contributed by atoms with E-state index in [1.165, 1.54) is 0 Å². The summed E-state index contributed by atoms with van der Waals surface area (Å²) in [6, 6.07) is 10.6. The molecule has 0 aliphatic rings. The monoisotopic (exact) mass is 231 g/mol. The number of benzene rings is 2. The molecule has 3 N–H and O–H groups in total. The quantitative estimate of drug-likeness (QED) is 0.745. The molecular formula is C13H13NO3. The molecule has 0 saturated heterocycles. The highest BCUT2D eigenvalue weighted by Crippen LogP contribution is 2.28. The fourth-order valence-electron chi connectivity index (χ4n) is 1.70. The van der Waals surface area contributed by atoms with Gasteiger partial charge in [-0.15, -0.1) is 0 Å². The number of phenols is 1. The first-order valence-electron chi connectivity index (χ1n) is 5.34. The van der Waals surface area contributed by atoms with Crippen molar-refractivity contribution in [2.24, 2.45) is 0 Å². The molecule has 0 aromatic heterocycles. The minimum Gasteiger partial charge on any atom is -0.506 e. The number of rotatable bonds is 3. The number of hydrogen-bond acceptors (Lipinski definition) is 3. The van der Waals surface area contributed by atoms with Gasteiger partial charge in [-0.1, -0.05) is 30.3 Å². The summed E-state index contributed by atoms with van der Waals surface area (Å²) < 4.78 is 0. The summed E-state index contributed by atoms with van der Waals surface area (Å²) in [6.07, 6.45) is 0. The molecule has 0 aliphatic carbocycles. The van der Waals surface area contributed by atoms with Crippen molar-refractivity contribution in [3.63, 3.8) is 0 Å². The lowest BCUT2D eigenvalue weighted by molar-refractivity contribution is 0.0942. The Morgan fingerprint density at radius 3 is 2.71 bits per heavy atom. The highest BCUT2D eigenvalue weighted by Gasteiger charge is 2.12. The Balaban J connectivity index is 2.42. The van der Waals surface area contributed by atoms with Crippen LogP contribution < -0.4 is 5.32 Å². The van der Waals surface area contributed by atoms with Crippen molar-refractivity contribution in [1.82, 2.24) is 5.32 Å². The number of carbonyl (C=O) groups excluding carboxylic acids is 1. The standard InChI is InChI=1S/C13H13NO3/c15-8-7-14-13(17)11-6-5-9-3-1-2-4-10(9)12(11)16/h1-6,15-16H,7-8H2,(H,14,17). The predicted octanol–water partition coefficient (Wildman–Crippen LogP) is 1.27. The van der Waals surface area contributed by atoms with Gasteiger partial charge in [0.05, 0.1) is 12.2 Å². The number of hydrogen-bond donors (Lipinski definition) is 3. The highest BCUT2D eigenvalue weighted by molar-refractivity contribution is 6.03. The molecule has 4 heteroatoms. The average molecular weight is 231 g/mol. The molecule has 88 valence electrons. The maximum absolute atomic E-state index is 11.7. The van der Waals surface area contributed by atoms with Crippen LogP contribution in [0.2, 0.25) is 0 Å². The molecular weight excluding hydrogens is 218 g/mol. The highest BCUT2D eigenvalue weighted by atomic mass is 16.3. The van der Waals surface area contributed by atoms with E-state index in [9.17, 15) is 9.90 Å². The van der Waals surface area contributed by atoms with Gasteiger partial charge in [-0.2, -0.15) is 0 Å². The number of aromatic hydroxyl groups is 1. The van der Waals surface area contributed by atoms with Crippen LogP contribution in [-0.4, -0.2) is 29.3 Å². The molecule has 0 aliphatic heterocycles. The van der Waals surface area contributed by atoms with E-state index in [4.69, 9.17) is 5.11 Å². The molecule has 0 fully saturated rings. The molecule has 0 unspecified atom stereocenters. The topological polar surface area (TPSA) is 69.6 Å². The van der Waals surface area contributed by atoms with Crippen LogP contribution in [0, 0.1) is 0 Å². The van der Waals surface area contributed by atoms with Crippen LogP contribution in [0.25, 0.3) is 10.8 Å². The van der Waals surface area contributed by atoms with Gasteiger partial charge in [0.2, 0.25) is 0 Å². The summed E-state index contributed by atoms with van der Waals surface area (Å²) in [4.78, 5) is 11.7. The van der Waals surface area contributed by atoms with Crippen LogP contribution in [0.4, 0.5) is 0 Å². The normalized spacial score (nSPS) is 10.4. The lowest BCUT2D eigenvalue weighted by atomic mass is 10.0. The molecule has 4 nitrogen and oxygen atoms in total. The molecule has 2 aromatic carbocycles. The molecule has 0 heterocycles. The molecule has 0 spiro atoms. The van der Waals surface area contributed by atoms with Gasteiger partial charge >= 0.3 is 0 Å². The van der Waals surface area contributed by atoms with E-state index in [-0.39, 0.29) is 30.4 Å². The van der Waals surface area contributed by atoms with Crippen LogP contribution >= 0.6 is 0 Å². The van der Waals surface area contributed by atoms with E-state index >= 15 is 0 Å². The minimum absolute atomic E-state index is 0.0291. The first kappa shape index (κ1) is 11.4. The van der Waals surface area contributed by atoms with E-state index in [0.29, 0.717) is 5.39 Å². The first-order valence-corrected chi connectivity index (χ1v) is 5.34. The van der Waals surface area contributed by atoms with Gasteiger partial charge in [-0.3, -0.25) is 4.79 Å². The molecule has 2 rings (SSSR count). The fraction of sp³-hybridized carbons (Fsp3) is 0.154. The van der Waals surface area contributed by atoms with Crippen LogP contribution in [0.1, 0.15) is 10.4 Å². The number of aliphatic hydroxyl groups is 1. The van der Waals surface area contributed by atoms with Gasteiger partial charge in [-0.25, -0.2) is 0 Å². The number of amides is 1. The Morgan fingerprint density at radius 1 is 1.18 bits per heavy atom. The average Bonchev–Trinajstić information content (AvgIpc) is 2.37. The van der Waals surface area contributed by atoms with Gasteiger partial charge in [0, 0.05) is 11.9 Å². The number of phenolic OH excluding ortho intramolecular Hbond substituents is 1. The second-order valence-electron chi connectivity index (χ2n) is 3.66. The van der Waals surface area contributed by atoms with Gasteiger partial charge < -0.3 is 15.5 Å². The largest absolute Gasteiger partial charge is 0.506 e. The molecule has 0 saturated carbocycles. The first-order chi connectivity index (χ1) is 8.24. The third-order valence-corrected chi connectivity index (χ3v) is 2.54. The lowest BCUT2D eigenvalue weighted by Crippen LogP contribution is -2.26. The van der Waals surface area contributed by atoms with Crippen molar-refractivity contribution in [1.29, 1.82) is 0 Å². The second-order valence-corrected chi connectivity index (χ2v) is 3.66. The number of aliphatic hydroxyl groups excluding tert-OH is 1. The molecule has 0 bridgehead atoms. The molecule has 0 atom stereocenters. The Bertz CT molecular complexity index is 551. The molecule has 1 amide bonds. The van der Waals surface area contributed by atoms with Crippen LogP contribution in [-0.2, 0) is 0 Å². The smallest absolute Gasteiger partial charge is 0.255 e. The summed E-state index contributed by atoms with van der Waals surface area (Å²) in [6.45, 7) is 0.0468. The minimum atomic E-state index is -0.387.